The molecular weight excluding hydrogens is 200 g/mol. The summed E-state index contributed by atoms with van der Waals surface area (Å²) < 4.78 is 5.42. The van der Waals surface area contributed by atoms with Crippen molar-refractivity contribution >= 4 is 0 Å². The number of nitrogens with zero attached hydrogens (tertiary/aromatic N) is 1. The minimum atomic E-state index is 0.394. The van der Waals surface area contributed by atoms with Crippen molar-refractivity contribution < 1.29 is 4.74 Å². The van der Waals surface area contributed by atoms with Gasteiger partial charge in [0.1, 0.15) is 0 Å². The van der Waals surface area contributed by atoms with E-state index in [2.05, 4.69) is 24.1 Å². The molecule has 1 aliphatic heterocycles. The second-order valence-corrected chi connectivity index (χ2v) is 5.67. The molecule has 2 rings (SSSR count). The molecular formula is C13H26N2O. The van der Waals surface area contributed by atoms with Crippen LogP contribution in [0.1, 0.15) is 39.5 Å². The standard InChI is InChI=1S/C13H26N2O/c1-12(2)14-13(5-3-4-6-13)11-15-7-9-16-10-8-15/h12,14H,3-11H2,1-2H3. The van der Waals surface area contributed by atoms with Gasteiger partial charge in [0.15, 0.2) is 0 Å². The van der Waals surface area contributed by atoms with Gasteiger partial charge in [0.2, 0.25) is 0 Å². The fourth-order valence-corrected chi connectivity index (χ4v) is 3.20. The summed E-state index contributed by atoms with van der Waals surface area (Å²) in [6.45, 7) is 9.80. The number of nitrogens with one attached hydrogen (secondary N) is 1. The van der Waals surface area contributed by atoms with E-state index in [1.165, 1.54) is 32.2 Å². The predicted octanol–water partition coefficient (Wildman–Crippen LogP) is 1.63. The third kappa shape index (κ3) is 3.19. The van der Waals surface area contributed by atoms with Gasteiger partial charge in [0.05, 0.1) is 13.2 Å². The molecule has 94 valence electrons. The Morgan fingerprint density at radius 3 is 2.38 bits per heavy atom. The van der Waals surface area contributed by atoms with Gasteiger partial charge in [-0.05, 0) is 12.8 Å². The van der Waals surface area contributed by atoms with Crippen molar-refractivity contribution in [1.82, 2.24) is 10.2 Å². The summed E-state index contributed by atoms with van der Waals surface area (Å²) >= 11 is 0. The summed E-state index contributed by atoms with van der Waals surface area (Å²) in [6.07, 6.45) is 5.49. The monoisotopic (exact) mass is 226 g/mol. The summed E-state index contributed by atoms with van der Waals surface area (Å²) in [6, 6.07) is 0.596. The average molecular weight is 226 g/mol. The summed E-state index contributed by atoms with van der Waals surface area (Å²) in [7, 11) is 0. The van der Waals surface area contributed by atoms with Crippen LogP contribution in [0.15, 0.2) is 0 Å². The Kier molecular flexibility index (Phi) is 4.22. The van der Waals surface area contributed by atoms with E-state index >= 15 is 0 Å². The SMILES string of the molecule is CC(C)NC1(CN2CCOCC2)CCCC1. The molecule has 0 bridgehead atoms. The molecule has 1 saturated heterocycles. The summed E-state index contributed by atoms with van der Waals surface area (Å²) in [5.41, 5.74) is 0.394. The topological polar surface area (TPSA) is 24.5 Å². The van der Waals surface area contributed by atoms with E-state index in [1.54, 1.807) is 0 Å². The maximum atomic E-state index is 5.42. The van der Waals surface area contributed by atoms with Crippen molar-refractivity contribution in [3.63, 3.8) is 0 Å². The highest BCUT2D eigenvalue weighted by atomic mass is 16.5. The fraction of sp³-hybridized carbons (Fsp3) is 1.00. The van der Waals surface area contributed by atoms with Crippen LogP contribution < -0.4 is 5.32 Å². The molecule has 1 aliphatic carbocycles. The molecule has 0 unspecified atom stereocenters. The minimum Gasteiger partial charge on any atom is -0.379 e. The molecule has 2 fully saturated rings. The lowest BCUT2D eigenvalue weighted by Gasteiger charge is -2.39. The third-order valence-corrected chi connectivity index (χ3v) is 3.79. The Hall–Kier alpha value is -0.120. The van der Waals surface area contributed by atoms with Gasteiger partial charge >= 0.3 is 0 Å². The molecule has 0 aromatic heterocycles. The molecule has 0 spiro atoms. The Labute approximate surface area is 99.5 Å². The molecule has 0 atom stereocenters. The van der Waals surface area contributed by atoms with Gasteiger partial charge in [-0.15, -0.1) is 0 Å². The molecule has 1 N–H and O–H groups in total. The van der Waals surface area contributed by atoms with E-state index in [0.29, 0.717) is 11.6 Å². The average Bonchev–Trinajstić information content (AvgIpc) is 2.66. The largest absolute Gasteiger partial charge is 0.379 e. The highest BCUT2D eigenvalue weighted by Gasteiger charge is 2.35. The molecule has 16 heavy (non-hydrogen) atoms. The zero-order valence-corrected chi connectivity index (χ0v) is 10.8. The van der Waals surface area contributed by atoms with Crippen LogP contribution in [0.3, 0.4) is 0 Å². The smallest absolute Gasteiger partial charge is 0.0594 e. The Morgan fingerprint density at radius 1 is 1.19 bits per heavy atom. The zero-order chi connectivity index (χ0) is 11.4. The van der Waals surface area contributed by atoms with Crippen molar-refractivity contribution in [2.75, 3.05) is 32.8 Å². The highest BCUT2D eigenvalue weighted by molar-refractivity contribution is 4.96. The van der Waals surface area contributed by atoms with Gasteiger partial charge < -0.3 is 10.1 Å². The van der Waals surface area contributed by atoms with Gasteiger partial charge in [0.25, 0.3) is 0 Å². The minimum absolute atomic E-state index is 0.394. The van der Waals surface area contributed by atoms with Crippen molar-refractivity contribution in [3.05, 3.63) is 0 Å². The quantitative estimate of drug-likeness (QED) is 0.788. The van der Waals surface area contributed by atoms with Crippen LogP contribution in [0.4, 0.5) is 0 Å². The maximum Gasteiger partial charge on any atom is 0.0594 e. The molecule has 3 heteroatoms. The first kappa shape index (κ1) is 12.3. The predicted molar refractivity (Wildman–Crippen MR) is 66.7 cm³/mol. The second-order valence-electron chi connectivity index (χ2n) is 5.67. The van der Waals surface area contributed by atoms with Gasteiger partial charge in [0, 0.05) is 31.2 Å². The second kappa shape index (κ2) is 5.48. The molecule has 0 aromatic rings. The van der Waals surface area contributed by atoms with Gasteiger partial charge in [-0.2, -0.15) is 0 Å². The first-order chi connectivity index (χ1) is 7.70. The van der Waals surface area contributed by atoms with Crippen LogP contribution in [0.2, 0.25) is 0 Å². The molecule has 1 heterocycles. The molecule has 0 radical (unpaired) electrons. The van der Waals surface area contributed by atoms with E-state index in [9.17, 15) is 0 Å². The molecule has 0 aromatic carbocycles. The van der Waals surface area contributed by atoms with Crippen molar-refractivity contribution in [2.24, 2.45) is 0 Å². The van der Waals surface area contributed by atoms with Crippen LogP contribution >= 0.6 is 0 Å². The Bertz CT molecular complexity index is 206. The van der Waals surface area contributed by atoms with Crippen LogP contribution in [0.25, 0.3) is 0 Å². The van der Waals surface area contributed by atoms with Crippen molar-refractivity contribution in [2.45, 2.75) is 51.1 Å². The molecule has 1 saturated carbocycles. The summed E-state index contributed by atoms with van der Waals surface area (Å²) in [5.74, 6) is 0. The number of hydrogen-bond donors (Lipinski definition) is 1. The van der Waals surface area contributed by atoms with E-state index in [-0.39, 0.29) is 0 Å². The van der Waals surface area contributed by atoms with Crippen LogP contribution in [0, 0.1) is 0 Å². The lowest BCUT2D eigenvalue weighted by Crippen LogP contribution is -2.55. The van der Waals surface area contributed by atoms with E-state index in [1.807, 2.05) is 0 Å². The first-order valence-corrected chi connectivity index (χ1v) is 6.78. The number of rotatable bonds is 4. The van der Waals surface area contributed by atoms with Crippen molar-refractivity contribution in [3.8, 4) is 0 Å². The Morgan fingerprint density at radius 2 is 1.81 bits per heavy atom. The van der Waals surface area contributed by atoms with Gasteiger partial charge in [-0.25, -0.2) is 0 Å². The highest BCUT2D eigenvalue weighted by Crippen LogP contribution is 2.31. The third-order valence-electron chi connectivity index (χ3n) is 3.79. The number of morpholine rings is 1. The maximum absolute atomic E-state index is 5.42. The lowest BCUT2D eigenvalue weighted by atomic mass is 9.95. The first-order valence-electron chi connectivity index (χ1n) is 6.78. The number of ether oxygens (including phenoxy) is 1. The number of hydrogen-bond acceptors (Lipinski definition) is 3. The Balaban J connectivity index is 1.90. The lowest BCUT2D eigenvalue weighted by molar-refractivity contribution is 0.0230. The molecule has 3 nitrogen and oxygen atoms in total. The van der Waals surface area contributed by atoms with E-state index < -0.39 is 0 Å². The normalized spacial score (nSPS) is 26.4. The fourth-order valence-electron chi connectivity index (χ4n) is 3.20. The zero-order valence-electron chi connectivity index (χ0n) is 10.8. The van der Waals surface area contributed by atoms with E-state index in [0.717, 1.165) is 26.3 Å². The molecule has 0 amide bonds. The van der Waals surface area contributed by atoms with Crippen LogP contribution in [-0.2, 0) is 4.74 Å². The summed E-state index contributed by atoms with van der Waals surface area (Å²) in [5, 5.41) is 3.82. The van der Waals surface area contributed by atoms with Crippen LogP contribution in [-0.4, -0.2) is 49.3 Å². The van der Waals surface area contributed by atoms with Gasteiger partial charge in [-0.1, -0.05) is 26.7 Å². The van der Waals surface area contributed by atoms with Gasteiger partial charge in [-0.3, -0.25) is 4.90 Å². The molecule has 2 aliphatic rings. The van der Waals surface area contributed by atoms with Crippen LogP contribution in [0.5, 0.6) is 0 Å². The van der Waals surface area contributed by atoms with E-state index in [4.69, 9.17) is 4.74 Å². The van der Waals surface area contributed by atoms with Crippen molar-refractivity contribution in [1.29, 1.82) is 0 Å². The summed E-state index contributed by atoms with van der Waals surface area (Å²) in [4.78, 5) is 2.57.